The lowest BCUT2D eigenvalue weighted by molar-refractivity contribution is -0.123. The molecule has 1 atom stereocenters. The maximum atomic E-state index is 11.6. The molecule has 0 radical (unpaired) electrons. The molecule has 0 unspecified atom stereocenters. The minimum absolute atomic E-state index is 0.453. The summed E-state index contributed by atoms with van der Waals surface area (Å²) in [5.74, 6) is -0.453. The van der Waals surface area contributed by atoms with Gasteiger partial charge in [0, 0.05) is 6.54 Å². The van der Waals surface area contributed by atoms with Crippen LogP contribution in [0.3, 0.4) is 0 Å². The number of nitrogens with two attached hydrogens (primary N) is 1. The summed E-state index contributed by atoms with van der Waals surface area (Å²) in [6.07, 6.45) is 21.9. The first-order chi connectivity index (χ1) is 13.9. The quantitative estimate of drug-likeness (QED) is 0.126. The van der Waals surface area contributed by atoms with E-state index in [9.17, 15) is 9.36 Å². The highest BCUT2D eigenvalue weighted by atomic mass is 31.2. The van der Waals surface area contributed by atoms with E-state index in [0.29, 0.717) is 6.54 Å². The minimum atomic E-state index is -4.59. The van der Waals surface area contributed by atoms with E-state index in [4.69, 9.17) is 15.5 Å². The highest BCUT2D eigenvalue weighted by Crippen LogP contribution is 2.35. The van der Waals surface area contributed by atoms with E-state index in [1.165, 1.54) is 70.6 Å². The Morgan fingerprint density at radius 3 is 1.93 bits per heavy atom. The molecule has 0 aliphatic heterocycles. The van der Waals surface area contributed by atoms with Crippen LogP contribution in [-0.4, -0.2) is 34.9 Å². The number of hydrogen-bond donors (Lipinski definition) is 4. The third kappa shape index (κ3) is 21.8. The SMILES string of the molecule is CCCCCCCC/C=C/CCCCCCCCNC(=O)[C@@H](N)COP(=O)(O)O. The molecule has 0 aliphatic rings. The van der Waals surface area contributed by atoms with Gasteiger partial charge in [-0.1, -0.05) is 76.9 Å². The molecule has 0 aromatic heterocycles. The second-order valence-electron chi connectivity index (χ2n) is 7.62. The first-order valence-corrected chi connectivity index (χ1v) is 12.8. The number of carbonyl (C=O) groups excluding carboxylic acids is 1. The molecule has 0 saturated heterocycles. The van der Waals surface area contributed by atoms with Crippen LogP contribution in [0.2, 0.25) is 0 Å². The Morgan fingerprint density at radius 1 is 0.931 bits per heavy atom. The smallest absolute Gasteiger partial charge is 0.355 e. The average molecular weight is 435 g/mol. The van der Waals surface area contributed by atoms with Crippen molar-refractivity contribution >= 4 is 13.7 Å². The van der Waals surface area contributed by atoms with Crippen molar-refractivity contribution < 1.29 is 23.7 Å². The molecule has 8 heteroatoms. The molecule has 5 N–H and O–H groups in total. The van der Waals surface area contributed by atoms with Gasteiger partial charge in [-0.25, -0.2) is 4.57 Å². The van der Waals surface area contributed by atoms with E-state index in [2.05, 4.69) is 28.9 Å². The molecule has 0 fully saturated rings. The van der Waals surface area contributed by atoms with Crippen LogP contribution in [0, 0.1) is 0 Å². The van der Waals surface area contributed by atoms with Crippen molar-refractivity contribution in [3.63, 3.8) is 0 Å². The van der Waals surface area contributed by atoms with Crippen molar-refractivity contribution in [1.29, 1.82) is 0 Å². The minimum Gasteiger partial charge on any atom is -0.355 e. The molecular weight excluding hydrogens is 391 g/mol. The van der Waals surface area contributed by atoms with Gasteiger partial charge < -0.3 is 20.8 Å². The van der Waals surface area contributed by atoms with Gasteiger partial charge in [-0.2, -0.15) is 0 Å². The number of carbonyl (C=O) groups is 1. The van der Waals surface area contributed by atoms with Gasteiger partial charge in [0.25, 0.3) is 0 Å². The summed E-state index contributed by atoms with van der Waals surface area (Å²) in [7, 11) is -4.59. The molecule has 1 amide bonds. The predicted molar refractivity (Wildman–Crippen MR) is 118 cm³/mol. The zero-order chi connectivity index (χ0) is 21.8. The fourth-order valence-corrected chi connectivity index (χ4v) is 3.32. The molecule has 0 bridgehead atoms. The summed E-state index contributed by atoms with van der Waals surface area (Å²) < 4.78 is 14.8. The first-order valence-electron chi connectivity index (χ1n) is 11.2. The summed E-state index contributed by atoms with van der Waals surface area (Å²) in [5, 5.41) is 2.66. The Labute approximate surface area is 177 Å². The largest absolute Gasteiger partial charge is 0.469 e. The van der Waals surface area contributed by atoms with Crippen molar-refractivity contribution in [2.45, 2.75) is 103 Å². The lowest BCUT2D eigenvalue weighted by Gasteiger charge is -2.12. The lowest BCUT2D eigenvalue weighted by Crippen LogP contribution is -2.43. The zero-order valence-corrected chi connectivity index (χ0v) is 19.1. The molecule has 0 aromatic carbocycles. The van der Waals surface area contributed by atoms with E-state index in [0.717, 1.165) is 19.3 Å². The maximum absolute atomic E-state index is 11.6. The van der Waals surface area contributed by atoms with Crippen LogP contribution in [0.4, 0.5) is 0 Å². The number of amides is 1. The van der Waals surface area contributed by atoms with Gasteiger partial charge in [0.1, 0.15) is 6.04 Å². The molecule has 7 nitrogen and oxygen atoms in total. The number of nitrogens with one attached hydrogen (secondary N) is 1. The van der Waals surface area contributed by atoms with Crippen LogP contribution < -0.4 is 11.1 Å². The maximum Gasteiger partial charge on any atom is 0.469 e. The lowest BCUT2D eigenvalue weighted by atomic mass is 10.1. The van der Waals surface area contributed by atoms with Crippen molar-refractivity contribution in [2.75, 3.05) is 13.2 Å². The van der Waals surface area contributed by atoms with Gasteiger partial charge in [-0.15, -0.1) is 0 Å². The van der Waals surface area contributed by atoms with Gasteiger partial charge in [0.05, 0.1) is 6.61 Å². The molecule has 0 aliphatic carbocycles. The Balaban J connectivity index is 3.35. The van der Waals surface area contributed by atoms with Gasteiger partial charge in [-0.05, 0) is 32.1 Å². The fraction of sp³-hybridized carbons (Fsp3) is 0.857. The molecule has 0 saturated carbocycles. The third-order valence-electron chi connectivity index (χ3n) is 4.75. The normalized spacial score (nSPS) is 13.1. The Bertz CT molecular complexity index is 468. The number of phosphoric acid groups is 1. The standard InChI is InChI=1S/C21H43N2O5P/c1-2-3-4-5-6-7-8-9-10-11-12-13-14-15-16-17-18-23-21(24)20(22)19-28-29(25,26)27/h9-10,20H,2-8,11-19,22H2,1H3,(H,23,24)(H2,25,26,27)/b10-9+/t20-/m0/s1. The number of hydrogen-bond acceptors (Lipinski definition) is 4. The second-order valence-corrected chi connectivity index (χ2v) is 8.86. The number of phosphoric ester groups is 1. The van der Waals surface area contributed by atoms with Crippen molar-refractivity contribution in [1.82, 2.24) is 5.32 Å². The van der Waals surface area contributed by atoms with Gasteiger partial charge in [0.2, 0.25) is 5.91 Å². The molecule has 0 spiro atoms. The number of unbranched alkanes of at least 4 members (excludes halogenated alkanes) is 12. The van der Waals surface area contributed by atoms with Crippen molar-refractivity contribution in [2.24, 2.45) is 5.73 Å². The second kappa shape index (κ2) is 19.3. The fourth-order valence-electron chi connectivity index (χ4n) is 2.97. The zero-order valence-electron chi connectivity index (χ0n) is 18.2. The Morgan fingerprint density at radius 2 is 1.41 bits per heavy atom. The van der Waals surface area contributed by atoms with Crippen LogP contribution in [0.15, 0.2) is 12.2 Å². The number of rotatable bonds is 20. The summed E-state index contributed by atoms with van der Waals surface area (Å²) in [5.41, 5.74) is 5.51. The van der Waals surface area contributed by atoms with Crippen LogP contribution in [0.1, 0.15) is 96.8 Å². The topological polar surface area (TPSA) is 122 Å². The van der Waals surface area contributed by atoms with Crippen molar-refractivity contribution in [3.8, 4) is 0 Å². The predicted octanol–water partition coefficient (Wildman–Crippen LogP) is 4.58. The Hall–Kier alpha value is -0.720. The highest BCUT2D eigenvalue weighted by Gasteiger charge is 2.20. The van der Waals surface area contributed by atoms with Crippen molar-refractivity contribution in [3.05, 3.63) is 12.2 Å². The van der Waals surface area contributed by atoms with E-state index in [1.807, 2.05) is 0 Å². The van der Waals surface area contributed by atoms with E-state index >= 15 is 0 Å². The molecule has 0 aromatic rings. The van der Waals surface area contributed by atoms with Gasteiger partial charge in [-0.3, -0.25) is 9.32 Å². The molecule has 29 heavy (non-hydrogen) atoms. The molecule has 0 heterocycles. The molecule has 0 rings (SSSR count). The van der Waals surface area contributed by atoms with Crippen LogP contribution in [0.5, 0.6) is 0 Å². The van der Waals surface area contributed by atoms with E-state index in [-0.39, 0.29) is 0 Å². The summed E-state index contributed by atoms with van der Waals surface area (Å²) in [6, 6.07) is -1.07. The summed E-state index contributed by atoms with van der Waals surface area (Å²) in [6.45, 7) is 2.27. The van der Waals surface area contributed by atoms with E-state index in [1.54, 1.807) is 0 Å². The third-order valence-corrected chi connectivity index (χ3v) is 5.23. The monoisotopic (exact) mass is 434 g/mol. The van der Waals surface area contributed by atoms with Crippen LogP contribution in [0.25, 0.3) is 0 Å². The summed E-state index contributed by atoms with van der Waals surface area (Å²) in [4.78, 5) is 28.8. The highest BCUT2D eigenvalue weighted by molar-refractivity contribution is 7.46. The molecular formula is C21H43N2O5P. The van der Waals surface area contributed by atoms with Gasteiger partial charge >= 0.3 is 7.82 Å². The first kappa shape index (κ1) is 28.3. The Kier molecular flexibility index (Phi) is 18.8. The van der Waals surface area contributed by atoms with Crippen LogP contribution in [-0.2, 0) is 13.9 Å². The average Bonchev–Trinajstić information content (AvgIpc) is 2.67. The van der Waals surface area contributed by atoms with Gasteiger partial charge in [0.15, 0.2) is 0 Å². The molecule has 172 valence electrons. The van der Waals surface area contributed by atoms with Crippen LogP contribution >= 0.6 is 7.82 Å². The van der Waals surface area contributed by atoms with E-state index < -0.39 is 26.4 Å². The summed E-state index contributed by atoms with van der Waals surface area (Å²) >= 11 is 0. The number of allylic oxidation sites excluding steroid dienone is 2.